The van der Waals surface area contributed by atoms with Gasteiger partial charge in [0.2, 0.25) is 0 Å². The first kappa shape index (κ1) is 21.6. The van der Waals surface area contributed by atoms with Gasteiger partial charge in [0, 0.05) is 0 Å². The summed E-state index contributed by atoms with van der Waals surface area (Å²) in [7, 11) is 0. The fraction of sp³-hybridized carbons (Fsp3) is 0.760. The molecule has 1 aromatic rings. The Labute approximate surface area is 177 Å². The van der Waals surface area contributed by atoms with Crippen molar-refractivity contribution in [2.75, 3.05) is 11.5 Å². The van der Waals surface area contributed by atoms with Crippen LogP contribution >= 0.6 is 23.5 Å². The van der Waals surface area contributed by atoms with Gasteiger partial charge in [-0.1, -0.05) is 89.5 Å². The molecule has 1 aliphatic heterocycles. The Kier molecular flexibility index (Phi) is 9.46. The number of hydrogen-bond donors (Lipinski definition) is 0. The molecule has 0 atom stereocenters. The van der Waals surface area contributed by atoms with Crippen molar-refractivity contribution in [1.82, 2.24) is 0 Å². The number of unbranched alkanes of at least 4 members (excludes halogenated alkanes) is 1. The van der Waals surface area contributed by atoms with Gasteiger partial charge >= 0.3 is 0 Å². The molecule has 1 saturated carbocycles. The molecule has 0 spiro atoms. The van der Waals surface area contributed by atoms with Gasteiger partial charge < -0.3 is 0 Å². The second-order valence-electron chi connectivity index (χ2n) is 8.96. The summed E-state index contributed by atoms with van der Waals surface area (Å²) < 4.78 is 0.672. The summed E-state index contributed by atoms with van der Waals surface area (Å²) in [6.45, 7) is 4.65. The molecule has 0 bridgehead atoms. The predicted octanol–water partition coefficient (Wildman–Crippen LogP) is 8.51. The maximum atomic E-state index is 2.42. The van der Waals surface area contributed by atoms with E-state index in [1.807, 2.05) is 0 Å². The average molecular weight is 405 g/mol. The van der Waals surface area contributed by atoms with Crippen molar-refractivity contribution in [1.29, 1.82) is 0 Å². The highest BCUT2D eigenvalue weighted by molar-refractivity contribution is 8.16. The molecule has 1 aliphatic carbocycles. The smallest absolute Gasteiger partial charge is 0.0751 e. The van der Waals surface area contributed by atoms with Gasteiger partial charge in [-0.05, 0) is 59.6 Å². The summed E-state index contributed by atoms with van der Waals surface area (Å²) in [4.78, 5) is 0. The fourth-order valence-electron chi connectivity index (χ4n) is 4.82. The zero-order chi connectivity index (χ0) is 18.9. The number of aryl methyl sites for hydroxylation is 1. The predicted molar refractivity (Wildman–Crippen MR) is 126 cm³/mol. The molecular weight excluding hydrogens is 364 g/mol. The molecule has 1 aromatic carbocycles. The summed E-state index contributed by atoms with van der Waals surface area (Å²) in [6, 6.07) is 9.68. The molecule has 0 amide bonds. The molecule has 2 heteroatoms. The van der Waals surface area contributed by atoms with Crippen LogP contribution in [0.2, 0.25) is 0 Å². The van der Waals surface area contributed by atoms with Crippen molar-refractivity contribution in [3.8, 4) is 0 Å². The second-order valence-corrected chi connectivity index (χ2v) is 11.5. The highest BCUT2D eigenvalue weighted by atomic mass is 32.2. The van der Waals surface area contributed by atoms with Gasteiger partial charge in [-0.2, -0.15) is 0 Å². The Hall–Kier alpha value is -0.0800. The highest BCUT2D eigenvalue weighted by Gasteiger charge is 2.23. The van der Waals surface area contributed by atoms with Crippen LogP contribution in [-0.4, -0.2) is 11.5 Å². The van der Waals surface area contributed by atoms with Crippen LogP contribution in [0.3, 0.4) is 0 Å². The SMILES string of the molecule is CCCCC1CSC(c2ccc(CC[C@H]3CC[C@H](CCC)CC3)cc2)SC1. The molecule has 27 heavy (non-hydrogen) atoms. The maximum absolute atomic E-state index is 2.42. The summed E-state index contributed by atoms with van der Waals surface area (Å²) in [5.41, 5.74) is 3.10. The Bertz CT molecular complexity index is 508. The van der Waals surface area contributed by atoms with Crippen LogP contribution in [0.4, 0.5) is 0 Å². The van der Waals surface area contributed by atoms with E-state index in [2.05, 4.69) is 61.6 Å². The Balaban J connectivity index is 1.38. The lowest BCUT2D eigenvalue weighted by atomic mass is 9.78. The van der Waals surface area contributed by atoms with E-state index >= 15 is 0 Å². The van der Waals surface area contributed by atoms with E-state index in [1.54, 1.807) is 11.1 Å². The number of thioether (sulfide) groups is 2. The topological polar surface area (TPSA) is 0 Å². The minimum absolute atomic E-state index is 0.672. The molecule has 0 N–H and O–H groups in total. The Morgan fingerprint density at radius 2 is 1.37 bits per heavy atom. The summed E-state index contributed by atoms with van der Waals surface area (Å²) in [5.74, 6) is 5.70. The first-order valence-electron chi connectivity index (χ1n) is 11.6. The molecule has 2 aliphatic rings. The Morgan fingerprint density at radius 3 is 1.96 bits per heavy atom. The van der Waals surface area contributed by atoms with Crippen LogP contribution in [0.1, 0.15) is 93.8 Å². The van der Waals surface area contributed by atoms with Crippen LogP contribution in [-0.2, 0) is 6.42 Å². The molecular formula is C25H40S2. The number of rotatable bonds is 9. The monoisotopic (exact) mass is 404 g/mol. The summed E-state index contributed by atoms with van der Waals surface area (Å²) in [5, 5.41) is 0. The number of benzene rings is 1. The fourth-order valence-corrected chi connectivity index (χ4v) is 7.99. The molecule has 2 fully saturated rings. The lowest BCUT2D eigenvalue weighted by Crippen LogP contribution is -2.15. The second kappa shape index (κ2) is 11.8. The van der Waals surface area contributed by atoms with Crippen molar-refractivity contribution in [2.24, 2.45) is 17.8 Å². The molecule has 152 valence electrons. The third kappa shape index (κ3) is 7.03. The van der Waals surface area contributed by atoms with Gasteiger partial charge in [0.15, 0.2) is 0 Å². The minimum atomic E-state index is 0.672. The molecule has 0 aromatic heterocycles. The van der Waals surface area contributed by atoms with E-state index in [-0.39, 0.29) is 0 Å². The first-order chi connectivity index (χ1) is 13.3. The molecule has 0 unspecified atom stereocenters. The van der Waals surface area contributed by atoms with Gasteiger partial charge in [-0.3, -0.25) is 0 Å². The lowest BCUT2D eigenvalue weighted by molar-refractivity contribution is 0.252. The molecule has 3 rings (SSSR count). The zero-order valence-corrected chi connectivity index (χ0v) is 19.3. The van der Waals surface area contributed by atoms with E-state index in [1.165, 1.54) is 82.1 Å². The van der Waals surface area contributed by atoms with Crippen molar-refractivity contribution >= 4 is 23.5 Å². The average Bonchev–Trinajstić information content (AvgIpc) is 2.73. The van der Waals surface area contributed by atoms with E-state index in [0.717, 1.165) is 17.8 Å². The first-order valence-corrected chi connectivity index (χ1v) is 13.7. The van der Waals surface area contributed by atoms with E-state index in [9.17, 15) is 0 Å². The van der Waals surface area contributed by atoms with E-state index in [0.29, 0.717) is 4.58 Å². The van der Waals surface area contributed by atoms with Gasteiger partial charge in [0.25, 0.3) is 0 Å². The maximum Gasteiger partial charge on any atom is 0.0751 e. The molecule has 0 radical (unpaired) electrons. The minimum Gasteiger partial charge on any atom is -0.142 e. The van der Waals surface area contributed by atoms with Crippen LogP contribution in [0, 0.1) is 17.8 Å². The lowest BCUT2D eigenvalue weighted by Gasteiger charge is -2.29. The van der Waals surface area contributed by atoms with Crippen LogP contribution in [0.5, 0.6) is 0 Å². The highest BCUT2D eigenvalue weighted by Crippen LogP contribution is 2.46. The zero-order valence-electron chi connectivity index (χ0n) is 17.6. The van der Waals surface area contributed by atoms with E-state index in [4.69, 9.17) is 0 Å². The Morgan fingerprint density at radius 1 is 0.741 bits per heavy atom. The van der Waals surface area contributed by atoms with Crippen molar-refractivity contribution in [2.45, 2.75) is 89.1 Å². The van der Waals surface area contributed by atoms with Crippen molar-refractivity contribution < 1.29 is 0 Å². The van der Waals surface area contributed by atoms with Gasteiger partial charge in [-0.25, -0.2) is 0 Å². The molecule has 1 heterocycles. The van der Waals surface area contributed by atoms with Crippen LogP contribution in [0.25, 0.3) is 0 Å². The van der Waals surface area contributed by atoms with Crippen LogP contribution < -0.4 is 0 Å². The molecule has 1 saturated heterocycles. The quantitative estimate of drug-likeness (QED) is 0.404. The summed E-state index contributed by atoms with van der Waals surface area (Å²) in [6.07, 6.45) is 15.7. The third-order valence-electron chi connectivity index (χ3n) is 6.69. The van der Waals surface area contributed by atoms with E-state index < -0.39 is 0 Å². The third-order valence-corrected chi connectivity index (χ3v) is 9.98. The van der Waals surface area contributed by atoms with Gasteiger partial charge in [0.1, 0.15) is 0 Å². The van der Waals surface area contributed by atoms with Gasteiger partial charge in [0.05, 0.1) is 4.58 Å². The van der Waals surface area contributed by atoms with Gasteiger partial charge in [-0.15, -0.1) is 23.5 Å². The van der Waals surface area contributed by atoms with Crippen LogP contribution in [0.15, 0.2) is 24.3 Å². The van der Waals surface area contributed by atoms with Crippen molar-refractivity contribution in [3.63, 3.8) is 0 Å². The number of hydrogen-bond acceptors (Lipinski definition) is 2. The largest absolute Gasteiger partial charge is 0.142 e. The molecule has 0 nitrogen and oxygen atoms in total. The summed E-state index contributed by atoms with van der Waals surface area (Å²) >= 11 is 4.37. The normalized spacial score (nSPS) is 29.0. The standard InChI is InChI=1S/C25H40S2/c1-3-5-7-23-18-26-25(27-19-23)24-16-14-22(15-17-24)13-12-21-10-8-20(6-4-2)9-11-21/h14-17,20-21,23,25H,3-13,18-19H2,1-2H3/t20-,21-,23?,25?. The van der Waals surface area contributed by atoms with Crippen molar-refractivity contribution in [3.05, 3.63) is 35.4 Å².